The SMILES string of the molecule is Cc1c(NC(=O)c2cccc(Oc3ccccc3)c2)c(C(=O)N(C)C)nn1C. The van der Waals surface area contributed by atoms with E-state index in [1.807, 2.05) is 30.3 Å². The van der Waals surface area contributed by atoms with Crippen LogP contribution >= 0.6 is 0 Å². The first-order valence-corrected chi connectivity index (χ1v) is 8.76. The third-order valence-corrected chi connectivity index (χ3v) is 4.26. The third-order valence-electron chi connectivity index (χ3n) is 4.26. The Morgan fingerprint density at radius 3 is 2.39 bits per heavy atom. The summed E-state index contributed by atoms with van der Waals surface area (Å²) in [6.07, 6.45) is 0. The van der Waals surface area contributed by atoms with Crippen LogP contribution in [0.3, 0.4) is 0 Å². The summed E-state index contributed by atoms with van der Waals surface area (Å²) in [5, 5.41) is 7.05. The Bertz CT molecular complexity index is 1010. The number of carbonyl (C=O) groups is 2. The molecule has 0 bridgehead atoms. The standard InChI is InChI=1S/C21H22N4O3/c1-14-18(19(23-25(14)4)21(27)24(2)3)22-20(26)15-9-8-12-17(13-15)28-16-10-6-5-7-11-16/h5-13H,1-4H3,(H,22,26). The molecule has 1 aromatic heterocycles. The molecule has 2 amide bonds. The summed E-state index contributed by atoms with van der Waals surface area (Å²) in [6, 6.07) is 16.2. The first kappa shape index (κ1) is 19.2. The highest BCUT2D eigenvalue weighted by molar-refractivity contribution is 6.08. The van der Waals surface area contributed by atoms with Crippen molar-refractivity contribution in [3.63, 3.8) is 0 Å². The van der Waals surface area contributed by atoms with Gasteiger partial charge < -0.3 is 15.0 Å². The second kappa shape index (κ2) is 7.96. The van der Waals surface area contributed by atoms with Crippen molar-refractivity contribution in [3.8, 4) is 11.5 Å². The van der Waals surface area contributed by atoms with Crippen LogP contribution in [0, 0.1) is 6.92 Å². The molecule has 7 nitrogen and oxygen atoms in total. The van der Waals surface area contributed by atoms with Crippen LogP contribution in [-0.4, -0.2) is 40.6 Å². The predicted octanol–water partition coefficient (Wildman–Crippen LogP) is 3.47. The van der Waals surface area contributed by atoms with Crippen molar-refractivity contribution >= 4 is 17.5 Å². The number of aromatic nitrogens is 2. The normalized spacial score (nSPS) is 10.4. The zero-order valence-corrected chi connectivity index (χ0v) is 16.3. The van der Waals surface area contributed by atoms with E-state index in [4.69, 9.17) is 4.74 Å². The van der Waals surface area contributed by atoms with E-state index >= 15 is 0 Å². The molecule has 0 saturated heterocycles. The summed E-state index contributed by atoms with van der Waals surface area (Å²) in [5.74, 6) is 0.607. The van der Waals surface area contributed by atoms with Gasteiger partial charge in [0.15, 0.2) is 5.69 Å². The van der Waals surface area contributed by atoms with Gasteiger partial charge >= 0.3 is 0 Å². The topological polar surface area (TPSA) is 76.5 Å². The van der Waals surface area contributed by atoms with E-state index in [-0.39, 0.29) is 17.5 Å². The molecule has 3 rings (SSSR count). The molecule has 0 unspecified atom stereocenters. The number of rotatable bonds is 5. The van der Waals surface area contributed by atoms with Crippen molar-refractivity contribution in [1.29, 1.82) is 0 Å². The van der Waals surface area contributed by atoms with Gasteiger partial charge in [-0.1, -0.05) is 24.3 Å². The summed E-state index contributed by atoms with van der Waals surface area (Å²) in [5.41, 5.74) is 1.71. The number of para-hydroxylation sites is 1. The monoisotopic (exact) mass is 378 g/mol. The smallest absolute Gasteiger partial charge is 0.276 e. The van der Waals surface area contributed by atoms with Gasteiger partial charge in [-0.05, 0) is 37.3 Å². The summed E-state index contributed by atoms with van der Waals surface area (Å²) in [4.78, 5) is 26.6. The summed E-state index contributed by atoms with van der Waals surface area (Å²) < 4.78 is 7.35. The number of carbonyl (C=O) groups excluding carboxylic acids is 2. The molecule has 0 spiro atoms. The number of hydrogen-bond acceptors (Lipinski definition) is 4. The lowest BCUT2D eigenvalue weighted by Crippen LogP contribution is -2.24. The fourth-order valence-corrected chi connectivity index (χ4v) is 2.63. The van der Waals surface area contributed by atoms with Crippen LogP contribution in [0.15, 0.2) is 54.6 Å². The second-order valence-electron chi connectivity index (χ2n) is 6.53. The van der Waals surface area contributed by atoms with Gasteiger partial charge in [0, 0.05) is 26.7 Å². The number of nitrogens with zero attached hydrogens (tertiary/aromatic N) is 3. The molecule has 0 atom stereocenters. The van der Waals surface area contributed by atoms with Gasteiger partial charge in [0.2, 0.25) is 0 Å². The van der Waals surface area contributed by atoms with Gasteiger partial charge in [0.05, 0.1) is 11.4 Å². The molecule has 0 aliphatic heterocycles. The molecule has 7 heteroatoms. The first-order valence-electron chi connectivity index (χ1n) is 8.76. The average Bonchev–Trinajstić information content (AvgIpc) is 2.96. The molecular formula is C21H22N4O3. The summed E-state index contributed by atoms with van der Waals surface area (Å²) in [7, 11) is 5.01. The summed E-state index contributed by atoms with van der Waals surface area (Å²) >= 11 is 0. The molecule has 1 N–H and O–H groups in total. The minimum atomic E-state index is -0.345. The van der Waals surface area contributed by atoms with E-state index in [2.05, 4.69) is 10.4 Å². The highest BCUT2D eigenvalue weighted by Crippen LogP contribution is 2.24. The molecule has 28 heavy (non-hydrogen) atoms. The van der Waals surface area contributed by atoms with E-state index in [1.54, 1.807) is 57.0 Å². The molecule has 3 aromatic rings. The average molecular weight is 378 g/mol. The highest BCUT2D eigenvalue weighted by Gasteiger charge is 2.23. The minimum absolute atomic E-state index is 0.204. The molecule has 144 valence electrons. The van der Waals surface area contributed by atoms with Crippen molar-refractivity contribution in [2.24, 2.45) is 7.05 Å². The number of amides is 2. The Morgan fingerprint density at radius 1 is 1.04 bits per heavy atom. The predicted molar refractivity (Wildman–Crippen MR) is 107 cm³/mol. The first-order chi connectivity index (χ1) is 13.4. The zero-order chi connectivity index (χ0) is 20.3. The Morgan fingerprint density at radius 2 is 1.71 bits per heavy atom. The van der Waals surface area contributed by atoms with Crippen molar-refractivity contribution in [3.05, 3.63) is 71.5 Å². The van der Waals surface area contributed by atoms with Crippen molar-refractivity contribution in [2.75, 3.05) is 19.4 Å². The molecular weight excluding hydrogens is 356 g/mol. The highest BCUT2D eigenvalue weighted by atomic mass is 16.5. The maximum Gasteiger partial charge on any atom is 0.276 e. The minimum Gasteiger partial charge on any atom is -0.457 e. The van der Waals surface area contributed by atoms with Gasteiger partial charge in [0.25, 0.3) is 11.8 Å². The fraction of sp³-hybridized carbons (Fsp3) is 0.190. The molecule has 2 aromatic carbocycles. The second-order valence-corrected chi connectivity index (χ2v) is 6.53. The van der Waals surface area contributed by atoms with Gasteiger partial charge in [-0.15, -0.1) is 0 Å². The van der Waals surface area contributed by atoms with E-state index in [1.165, 1.54) is 4.90 Å². The van der Waals surface area contributed by atoms with E-state index in [0.717, 1.165) is 0 Å². The molecule has 0 aliphatic rings. The number of hydrogen-bond donors (Lipinski definition) is 1. The van der Waals surface area contributed by atoms with E-state index < -0.39 is 0 Å². The lowest BCUT2D eigenvalue weighted by atomic mass is 10.2. The molecule has 0 radical (unpaired) electrons. The van der Waals surface area contributed by atoms with Gasteiger partial charge in [-0.3, -0.25) is 14.3 Å². The van der Waals surface area contributed by atoms with Crippen molar-refractivity contribution < 1.29 is 14.3 Å². The number of nitrogens with one attached hydrogen (secondary N) is 1. The van der Waals surface area contributed by atoms with Gasteiger partial charge in [-0.2, -0.15) is 5.10 Å². The van der Waals surface area contributed by atoms with E-state index in [9.17, 15) is 9.59 Å². The number of ether oxygens (including phenoxy) is 1. The molecule has 1 heterocycles. The van der Waals surface area contributed by atoms with Crippen LogP contribution in [0.1, 0.15) is 26.5 Å². The lowest BCUT2D eigenvalue weighted by molar-refractivity contribution is 0.0822. The molecule has 0 saturated carbocycles. The number of anilines is 1. The quantitative estimate of drug-likeness (QED) is 0.737. The number of benzene rings is 2. The Labute approximate surface area is 163 Å². The van der Waals surface area contributed by atoms with E-state index in [0.29, 0.717) is 28.4 Å². The van der Waals surface area contributed by atoms with Gasteiger partial charge in [0.1, 0.15) is 11.5 Å². The van der Waals surface area contributed by atoms with Gasteiger partial charge in [-0.25, -0.2) is 0 Å². The molecule has 0 fully saturated rings. The largest absolute Gasteiger partial charge is 0.457 e. The van der Waals surface area contributed by atoms with Crippen LogP contribution in [-0.2, 0) is 7.05 Å². The summed E-state index contributed by atoms with van der Waals surface area (Å²) in [6.45, 7) is 1.80. The van der Waals surface area contributed by atoms with Crippen molar-refractivity contribution in [1.82, 2.24) is 14.7 Å². The fourth-order valence-electron chi connectivity index (χ4n) is 2.63. The van der Waals surface area contributed by atoms with Crippen LogP contribution in [0.25, 0.3) is 0 Å². The van der Waals surface area contributed by atoms with Crippen LogP contribution < -0.4 is 10.1 Å². The van der Waals surface area contributed by atoms with Crippen molar-refractivity contribution in [2.45, 2.75) is 6.92 Å². The Kier molecular flexibility index (Phi) is 5.44. The third kappa shape index (κ3) is 4.03. The maximum atomic E-state index is 12.8. The van der Waals surface area contributed by atoms with Crippen LogP contribution in [0.4, 0.5) is 5.69 Å². The molecule has 0 aliphatic carbocycles. The van der Waals surface area contributed by atoms with Crippen LogP contribution in [0.2, 0.25) is 0 Å². The zero-order valence-electron chi connectivity index (χ0n) is 16.3. The van der Waals surface area contributed by atoms with Crippen LogP contribution in [0.5, 0.6) is 11.5 Å². The number of aryl methyl sites for hydroxylation is 1. The Balaban J connectivity index is 1.84. The maximum absolute atomic E-state index is 12.8. The Hall–Kier alpha value is -3.61. The lowest BCUT2D eigenvalue weighted by Gasteiger charge is -2.11.